The molecule has 0 saturated carbocycles. The van der Waals surface area contributed by atoms with Gasteiger partial charge in [-0.25, -0.2) is 4.79 Å². The largest absolute Gasteiger partial charge is 0.464 e. The van der Waals surface area contributed by atoms with E-state index >= 15 is 0 Å². The summed E-state index contributed by atoms with van der Waals surface area (Å²) >= 11 is 3.35. The Balaban J connectivity index is 2.71. The molecule has 0 aromatic carbocycles. The van der Waals surface area contributed by atoms with Gasteiger partial charge in [-0.3, -0.25) is 4.79 Å². The lowest BCUT2D eigenvalue weighted by molar-refractivity contribution is -0.156. The lowest BCUT2D eigenvalue weighted by atomic mass is 10.0. The van der Waals surface area contributed by atoms with Gasteiger partial charge in [-0.15, -0.1) is 0 Å². The van der Waals surface area contributed by atoms with Crippen LogP contribution in [0.3, 0.4) is 0 Å². The molecule has 1 saturated heterocycles. The first-order valence-electron chi connectivity index (χ1n) is 6.23. The minimum atomic E-state index is -0.386. The molecule has 1 rings (SSSR count). The van der Waals surface area contributed by atoms with E-state index in [2.05, 4.69) is 15.9 Å². The van der Waals surface area contributed by atoms with E-state index in [9.17, 15) is 9.59 Å². The number of piperidine rings is 1. The Morgan fingerprint density at radius 3 is 2.71 bits per heavy atom. The van der Waals surface area contributed by atoms with Crippen molar-refractivity contribution in [2.45, 2.75) is 50.4 Å². The number of rotatable bonds is 4. The minimum Gasteiger partial charge on any atom is -0.464 e. The fourth-order valence-electron chi connectivity index (χ4n) is 2.03. The highest BCUT2D eigenvalue weighted by atomic mass is 79.9. The SMILES string of the molecule is CCOC(=O)C1CCCCN1C(=O)C(Br)CC. The van der Waals surface area contributed by atoms with Crippen LogP contribution in [0.25, 0.3) is 0 Å². The third-order valence-corrected chi connectivity index (χ3v) is 4.01. The fraction of sp³-hybridized carbons (Fsp3) is 0.833. The Bertz CT molecular complexity index is 283. The van der Waals surface area contributed by atoms with Gasteiger partial charge in [0.1, 0.15) is 6.04 Å². The lowest BCUT2D eigenvalue weighted by Crippen LogP contribution is -2.50. The van der Waals surface area contributed by atoms with Crippen LogP contribution in [0.1, 0.15) is 39.5 Å². The van der Waals surface area contributed by atoms with Crippen molar-refractivity contribution in [3.63, 3.8) is 0 Å². The molecule has 0 aromatic rings. The van der Waals surface area contributed by atoms with Gasteiger partial charge in [0.15, 0.2) is 0 Å². The summed E-state index contributed by atoms with van der Waals surface area (Å²) in [6.07, 6.45) is 3.39. The van der Waals surface area contributed by atoms with Crippen molar-refractivity contribution < 1.29 is 14.3 Å². The smallest absolute Gasteiger partial charge is 0.328 e. The Labute approximate surface area is 111 Å². The van der Waals surface area contributed by atoms with Crippen molar-refractivity contribution in [1.29, 1.82) is 0 Å². The van der Waals surface area contributed by atoms with Gasteiger partial charge >= 0.3 is 5.97 Å². The van der Waals surface area contributed by atoms with Crippen LogP contribution in [0.4, 0.5) is 0 Å². The van der Waals surface area contributed by atoms with Gasteiger partial charge in [-0.05, 0) is 32.6 Å². The molecule has 5 heteroatoms. The number of likely N-dealkylation sites (tertiary alicyclic amines) is 1. The van der Waals surface area contributed by atoms with Gasteiger partial charge in [0.2, 0.25) is 5.91 Å². The molecule has 1 aliphatic heterocycles. The lowest BCUT2D eigenvalue weighted by Gasteiger charge is -2.35. The Morgan fingerprint density at radius 1 is 1.41 bits per heavy atom. The molecule has 0 aromatic heterocycles. The molecule has 0 radical (unpaired) electrons. The number of ether oxygens (including phenoxy) is 1. The average molecular weight is 306 g/mol. The number of hydrogen-bond acceptors (Lipinski definition) is 3. The zero-order valence-corrected chi connectivity index (χ0v) is 12.0. The predicted molar refractivity (Wildman–Crippen MR) is 69.0 cm³/mol. The minimum absolute atomic E-state index is 0.00486. The van der Waals surface area contributed by atoms with E-state index in [-0.39, 0.29) is 22.7 Å². The number of alkyl halides is 1. The first-order chi connectivity index (χ1) is 8.11. The Hall–Kier alpha value is -0.580. The van der Waals surface area contributed by atoms with Crippen LogP contribution >= 0.6 is 15.9 Å². The molecule has 2 atom stereocenters. The van der Waals surface area contributed by atoms with Gasteiger partial charge in [0.05, 0.1) is 11.4 Å². The maximum absolute atomic E-state index is 12.1. The van der Waals surface area contributed by atoms with E-state index in [1.54, 1.807) is 11.8 Å². The highest BCUT2D eigenvalue weighted by Gasteiger charge is 2.34. The molecular formula is C12H20BrNO3. The normalized spacial score (nSPS) is 22.1. The number of halogens is 1. The van der Waals surface area contributed by atoms with E-state index in [1.165, 1.54) is 0 Å². The van der Waals surface area contributed by atoms with Crippen LogP contribution in [-0.2, 0) is 14.3 Å². The molecule has 0 bridgehead atoms. The molecule has 4 nitrogen and oxygen atoms in total. The summed E-state index contributed by atoms with van der Waals surface area (Å²) in [5.41, 5.74) is 0. The topological polar surface area (TPSA) is 46.6 Å². The molecule has 0 aliphatic carbocycles. The van der Waals surface area contributed by atoms with Crippen molar-refractivity contribution in [2.24, 2.45) is 0 Å². The predicted octanol–water partition coefficient (Wildman–Crippen LogP) is 2.10. The molecule has 17 heavy (non-hydrogen) atoms. The first kappa shape index (κ1) is 14.5. The number of nitrogens with zero attached hydrogens (tertiary/aromatic N) is 1. The van der Waals surface area contributed by atoms with Crippen molar-refractivity contribution >= 4 is 27.8 Å². The summed E-state index contributed by atoms with van der Waals surface area (Å²) in [5.74, 6) is -0.262. The van der Waals surface area contributed by atoms with Crippen LogP contribution in [0.2, 0.25) is 0 Å². The van der Waals surface area contributed by atoms with Crippen molar-refractivity contribution in [2.75, 3.05) is 13.2 Å². The van der Waals surface area contributed by atoms with E-state index in [4.69, 9.17) is 4.74 Å². The average Bonchev–Trinajstić information content (AvgIpc) is 2.37. The van der Waals surface area contributed by atoms with Gasteiger partial charge in [-0.2, -0.15) is 0 Å². The third kappa shape index (κ3) is 3.69. The molecule has 1 heterocycles. The first-order valence-corrected chi connectivity index (χ1v) is 7.14. The highest BCUT2D eigenvalue weighted by Crippen LogP contribution is 2.21. The van der Waals surface area contributed by atoms with E-state index < -0.39 is 0 Å². The number of amides is 1. The standard InChI is InChI=1S/C12H20BrNO3/c1-3-9(13)11(15)14-8-6-5-7-10(14)12(16)17-4-2/h9-10H,3-8H2,1-2H3. The maximum Gasteiger partial charge on any atom is 0.328 e. The summed E-state index contributed by atoms with van der Waals surface area (Å²) in [6, 6.07) is -0.386. The van der Waals surface area contributed by atoms with E-state index in [1.807, 2.05) is 6.92 Å². The zero-order valence-electron chi connectivity index (χ0n) is 10.4. The maximum atomic E-state index is 12.1. The Kier molecular flexibility index (Phi) is 5.95. The molecule has 1 fully saturated rings. The highest BCUT2D eigenvalue weighted by molar-refractivity contribution is 9.10. The Morgan fingerprint density at radius 2 is 2.12 bits per heavy atom. The summed E-state index contributed by atoms with van der Waals surface area (Å²) in [4.78, 5) is 25.4. The van der Waals surface area contributed by atoms with E-state index in [0.29, 0.717) is 19.6 Å². The summed E-state index contributed by atoms with van der Waals surface area (Å²) in [7, 11) is 0. The molecule has 2 unspecified atom stereocenters. The fourth-order valence-corrected chi connectivity index (χ4v) is 2.30. The van der Waals surface area contributed by atoms with Crippen molar-refractivity contribution in [3.8, 4) is 0 Å². The van der Waals surface area contributed by atoms with E-state index in [0.717, 1.165) is 19.3 Å². The van der Waals surface area contributed by atoms with Crippen LogP contribution in [0.15, 0.2) is 0 Å². The van der Waals surface area contributed by atoms with Crippen molar-refractivity contribution in [3.05, 3.63) is 0 Å². The zero-order chi connectivity index (χ0) is 12.8. The van der Waals surface area contributed by atoms with Gasteiger partial charge in [0, 0.05) is 6.54 Å². The molecule has 98 valence electrons. The quantitative estimate of drug-likeness (QED) is 0.590. The molecule has 0 N–H and O–H groups in total. The summed E-state index contributed by atoms with van der Waals surface area (Å²) in [6.45, 7) is 4.75. The number of carbonyl (C=O) groups is 2. The second kappa shape index (κ2) is 6.99. The second-order valence-corrected chi connectivity index (χ2v) is 5.28. The number of esters is 1. The van der Waals surface area contributed by atoms with Crippen molar-refractivity contribution in [1.82, 2.24) is 4.90 Å². The molecule has 0 spiro atoms. The molecule has 1 aliphatic rings. The third-order valence-electron chi connectivity index (χ3n) is 2.97. The van der Waals surface area contributed by atoms with Crippen LogP contribution in [-0.4, -0.2) is 40.8 Å². The van der Waals surface area contributed by atoms with Gasteiger partial charge in [-0.1, -0.05) is 22.9 Å². The molecule has 1 amide bonds. The molecular weight excluding hydrogens is 286 g/mol. The monoisotopic (exact) mass is 305 g/mol. The van der Waals surface area contributed by atoms with Gasteiger partial charge < -0.3 is 9.64 Å². The number of carbonyl (C=O) groups excluding carboxylic acids is 2. The van der Waals surface area contributed by atoms with Crippen LogP contribution in [0.5, 0.6) is 0 Å². The second-order valence-electron chi connectivity index (χ2n) is 4.17. The number of hydrogen-bond donors (Lipinski definition) is 0. The van der Waals surface area contributed by atoms with Gasteiger partial charge in [0.25, 0.3) is 0 Å². The summed E-state index contributed by atoms with van der Waals surface area (Å²) < 4.78 is 5.03. The van der Waals surface area contributed by atoms with Crippen LogP contribution in [0, 0.1) is 0 Å². The van der Waals surface area contributed by atoms with Crippen LogP contribution < -0.4 is 0 Å². The summed E-state index contributed by atoms with van der Waals surface area (Å²) in [5, 5.41) is 0.